The van der Waals surface area contributed by atoms with Crippen LogP contribution in [0.4, 0.5) is 11.4 Å². The van der Waals surface area contributed by atoms with E-state index in [2.05, 4.69) is 9.97 Å². The molecule has 0 aliphatic heterocycles. The SMILES string of the molecule is Br.Br.O=C(c1cc([N+](=O)[O-])c(O)c(O)c1-c1nccn1Cc1ccccc1)c1cc([N+](=O)[O-])c(O)c(O)c1-c1nccn1Cc1ccccc1. The van der Waals surface area contributed by atoms with Crippen molar-refractivity contribution < 1.29 is 35.1 Å². The van der Waals surface area contributed by atoms with Gasteiger partial charge in [0.25, 0.3) is 0 Å². The van der Waals surface area contributed by atoms with Crippen molar-refractivity contribution in [1.82, 2.24) is 19.1 Å². The van der Waals surface area contributed by atoms with Gasteiger partial charge in [0.05, 0.1) is 21.0 Å². The van der Waals surface area contributed by atoms with Crippen LogP contribution in [0.25, 0.3) is 22.8 Å². The highest BCUT2D eigenvalue weighted by molar-refractivity contribution is 8.93. The number of hydrogen-bond donors (Lipinski definition) is 4. The van der Waals surface area contributed by atoms with Gasteiger partial charge in [-0.15, -0.1) is 34.0 Å². The number of aromatic hydroxyl groups is 4. The number of aromatic nitrogens is 4. The summed E-state index contributed by atoms with van der Waals surface area (Å²) in [7, 11) is 0. The van der Waals surface area contributed by atoms with Crippen LogP contribution in [0.5, 0.6) is 23.0 Å². The van der Waals surface area contributed by atoms with Crippen LogP contribution in [0.1, 0.15) is 27.0 Å². The predicted molar refractivity (Wildman–Crippen MR) is 190 cm³/mol. The van der Waals surface area contributed by atoms with E-state index in [4.69, 9.17) is 0 Å². The largest absolute Gasteiger partial charge is 0.504 e. The molecule has 6 rings (SSSR count). The number of nitrogens with zero attached hydrogens (tertiary/aromatic N) is 6. The number of rotatable bonds is 10. The zero-order valence-electron chi connectivity index (χ0n) is 25.5. The topological polar surface area (TPSA) is 220 Å². The number of nitro groups is 2. The summed E-state index contributed by atoms with van der Waals surface area (Å²) >= 11 is 0. The molecule has 0 unspecified atom stereocenters. The highest BCUT2D eigenvalue weighted by Gasteiger charge is 2.35. The molecular formula is C33H26Br2N6O9. The van der Waals surface area contributed by atoms with Gasteiger partial charge in [-0.1, -0.05) is 60.7 Å². The lowest BCUT2D eigenvalue weighted by molar-refractivity contribution is -0.386. The van der Waals surface area contributed by atoms with Crippen molar-refractivity contribution in [2.75, 3.05) is 0 Å². The van der Waals surface area contributed by atoms with Crippen molar-refractivity contribution in [2.45, 2.75) is 13.1 Å². The first-order chi connectivity index (χ1) is 23.1. The van der Waals surface area contributed by atoms with E-state index in [-0.39, 0.29) is 58.7 Å². The fourth-order valence-corrected chi connectivity index (χ4v) is 5.41. The summed E-state index contributed by atoms with van der Waals surface area (Å²) in [4.78, 5) is 44.9. The van der Waals surface area contributed by atoms with Crippen LogP contribution in [0, 0.1) is 20.2 Å². The quantitative estimate of drug-likeness (QED) is 0.0504. The van der Waals surface area contributed by atoms with Crippen molar-refractivity contribution in [3.63, 3.8) is 0 Å². The Morgan fingerprint density at radius 1 is 0.620 bits per heavy atom. The number of halogens is 2. The van der Waals surface area contributed by atoms with Crippen LogP contribution in [-0.4, -0.2) is 55.2 Å². The Balaban J connectivity index is 0.00000281. The molecule has 4 aromatic carbocycles. The molecule has 0 radical (unpaired) electrons. The van der Waals surface area contributed by atoms with Gasteiger partial charge in [-0.05, 0) is 11.1 Å². The van der Waals surface area contributed by atoms with Crippen molar-refractivity contribution in [1.29, 1.82) is 0 Å². The Morgan fingerprint density at radius 3 is 1.32 bits per heavy atom. The molecule has 0 saturated carbocycles. The predicted octanol–water partition coefficient (Wildman–Crippen LogP) is 6.54. The van der Waals surface area contributed by atoms with Crippen LogP contribution in [0.2, 0.25) is 0 Å². The van der Waals surface area contributed by atoms with Gasteiger partial charge in [0.2, 0.25) is 11.5 Å². The number of carbonyl (C=O) groups excluding carboxylic acids is 1. The molecule has 15 nitrogen and oxygen atoms in total. The number of phenols is 4. The minimum absolute atomic E-state index is 0. The molecular weight excluding hydrogens is 784 g/mol. The van der Waals surface area contributed by atoms with E-state index in [9.17, 15) is 45.4 Å². The van der Waals surface area contributed by atoms with Gasteiger partial charge in [0.15, 0.2) is 17.3 Å². The Labute approximate surface area is 303 Å². The van der Waals surface area contributed by atoms with E-state index in [1.807, 2.05) is 36.4 Å². The summed E-state index contributed by atoms with van der Waals surface area (Å²) in [6.07, 6.45) is 5.76. The van der Waals surface area contributed by atoms with Crippen LogP contribution in [0.3, 0.4) is 0 Å². The molecule has 0 fully saturated rings. The lowest BCUT2D eigenvalue weighted by Gasteiger charge is -2.17. The average Bonchev–Trinajstić information content (AvgIpc) is 3.73. The summed E-state index contributed by atoms with van der Waals surface area (Å²) in [6.45, 7) is 0.350. The van der Waals surface area contributed by atoms with Gasteiger partial charge < -0.3 is 29.6 Å². The van der Waals surface area contributed by atoms with E-state index in [1.165, 1.54) is 33.9 Å². The number of nitro benzene ring substituents is 2. The molecule has 0 atom stereocenters. The molecule has 0 aliphatic carbocycles. The van der Waals surface area contributed by atoms with Gasteiger partial charge in [0.1, 0.15) is 11.6 Å². The molecule has 50 heavy (non-hydrogen) atoms. The molecule has 2 aromatic heterocycles. The molecule has 0 bridgehead atoms. The normalized spacial score (nSPS) is 10.6. The third-order valence-electron chi connectivity index (χ3n) is 7.66. The summed E-state index contributed by atoms with van der Waals surface area (Å²) < 4.78 is 3.05. The molecule has 256 valence electrons. The molecule has 17 heteroatoms. The zero-order chi connectivity index (χ0) is 34.1. The highest BCUT2D eigenvalue weighted by atomic mass is 79.9. The molecule has 0 amide bonds. The second-order valence-electron chi connectivity index (χ2n) is 10.6. The summed E-state index contributed by atoms with van der Waals surface area (Å²) in [6, 6.07) is 19.5. The lowest BCUT2D eigenvalue weighted by atomic mass is 9.91. The van der Waals surface area contributed by atoms with Gasteiger partial charge in [0, 0.05) is 61.1 Å². The Kier molecular flexibility index (Phi) is 11.0. The maximum absolute atomic E-state index is 14.6. The van der Waals surface area contributed by atoms with Crippen LogP contribution >= 0.6 is 34.0 Å². The third kappa shape index (κ3) is 6.76. The van der Waals surface area contributed by atoms with E-state index in [1.54, 1.807) is 24.3 Å². The van der Waals surface area contributed by atoms with Crippen LogP contribution in [0.15, 0.2) is 97.6 Å². The number of hydrogen-bond acceptors (Lipinski definition) is 11. The minimum atomic E-state index is -1.15. The molecule has 0 aliphatic rings. The Hall–Kier alpha value is -6.07. The molecule has 2 heterocycles. The maximum atomic E-state index is 14.6. The van der Waals surface area contributed by atoms with E-state index in [0.717, 1.165) is 11.1 Å². The number of imidazole rings is 2. The third-order valence-corrected chi connectivity index (χ3v) is 7.66. The number of phenolic OH excluding ortho intramolecular Hbond substituents is 4. The summed E-state index contributed by atoms with van der Waals surface area (Å²) in [5, 5.41) is 67.6. The van der Waals surface area contributed by atoms with Gasteiger partial charge >= 0.3 is 11.4 Å². The first kappa shape index (κ1) is 36.8. The molecule has 6 aromatic rings. The lowest BCUT2D eigenvalue weighted by Crippen LogP contribution is -2.12. The van der Waals surface area contributed by atoms with E-state index >= 15 is 0 Å². The highest BCUT2D eigenvalue weighted by Crippen LogP contribution is 2.49. The van der Waals surface area contributed by atoms with Gasteiger partial charge in [-0.3, -0.25) is 25.0 Å². The fraction of sp³-hybridized carbons (Fsp3) is 0.0606. The maximum Gasteiger partial charge on any atom is 0.315 e. The molecule has 4 N–H and O–H groups in total. The number of benzene rings is 4. The van der Waals surface area contributed by atoms with Gasteiger partial charge in [-0.25, -0.2) is 9.97 Å². The second kappa shape index (κ2) is 15.0. The van der Waals surface area contributed by atoms with E-state index < -0.39 is 72.3 Å². The molecule has 0 spiro atoms. The molecule has 0 saturated heterocycles. The van der Waals surface area contributed by atoms with Crippen LogP contribution in [-0.2, 0) is 13.1 Å². The fourth-order valence-electron chi connectivity index (χ4n) is 5.41. The van der Waals surface area contributed by atoms with Crippen LogP contribution < -0.4 is 0 Å². The number of ketones is 1. The monoisotopic (exact) mass is 808 g/mol. The minimum Gasteiger partial charge on any atom is -0.504 e. The summed E-state index contributed by atoms with van der Waals surface area (Å²) in [5.74, 6) is -5.67. The standard InChI is InChI=1S/C33H24N6O9.2BrH/c40-27(21-15-23(38(45)46)28(41)30(43)25(21)32-34-11-13-36(32)17-19-7-3-1-4-8-19)22-16-24(39(47)48)29(42)31(44)26(22)33-35-12-14-37(33)18-20-9-5-2-6-10-20;;/h1-16,41-44H,17-18H2;2*1H. The van der Waals surface area contributed by atoms with Crippen molar-refractivity contribution >= 4 is 51.1 Å². The van der Waals surface area contributed by atoms with Gasteiger partial charge in [-0.2, -0.15) is 0 Å². The first-order valence-corrected chi connectivity index (χ1v) is 14.2. The Bertz CT molecular complexity index is 2070. The first-order valence-electron chi connectivity index (χ1n) is 14.2. The zero-order valence-corrected chi connectivity index (χ0v) is 28.9. The van der Waals surface area contributed by atoms with Crippen molar-refractivity contribution in [3.8, 4) is 45.8 Å². The average molecular weight is 810 g/mol. The van der Waals surface area contributed by atoms with Crippen molar-refractivity contribution in [2.24, 2.45) is 0 Å². The smallest absolute Gasteiger partial charge is 0.315 e. The van der Waals surface area contributed by atoms with Crippen molar-refractivity contribution in [3.05, 3.63) is 140 Å². The second-order valence-corrected chi connectivity index (χ2v) is 10.6. The Morgan fingerprint density at radius 2 is 0.980 bits per heavy atom. The van der Waals surface area contributed by atoms with E-state index in [0.29, 0.717) is 12.1 Å². The number of carbonyl (C=O) groups is 1. The summed E-state index contributed by atoms with van der Waals surface area (Å²) in [5.41, 5.74) is -2.49.